The highest BCUT2D eigenvalue weighted by molar-refractivity contribution is 5.96. The predicted molar refractivity (Wildman–Crippen MR) is 46.1 cm³/mol. The van der Waals surface area contributed by atoms with Crippen molar-refractivity contribution in [3.8, 4) is 0 Å². The molecule has 0 aliphatic carbocycles. The first-order chi connectivity index (χ1) is 5.80. The quantitative estimate of drug-likeness (QED) is 0.525. The lowest BCUT2D eigenvalue weighted by atomic mass is 10.0. The van der Waals surface area contributed by atoms with Gasteiger partial charge in [-0.2, -0.15) is 0 Å². The van der Waals surface area contributed by atoms with E-state index in [2.05, 4.69) is 5.32 Å². The second-order valence-corrected chi connectivity index (χ2v) is 3.59. The summed E-state index contributed by atoms with van der Waals surface area (Å²) < 4.78 is 0. The second-order valence-electron chi connectivity index (χ2n) is 3.59. The van der Waals surface area contributed by atoms with Crippen molar-refractivity contribution in [3.05, 3.63) is 0 Å². The van der Waals surface area contributed by atoms with Gasteiger partial charge in [-0.25, -0.2) is 0 Å². The highest BCUT2D eigenvalue weighted by atomic mass is 16.4. The molecule has 0 aliphatic heterocycles. The summed E-state index contributed by atoms with van der Waals surface area (Å²) in [4.78, 5) is 21.5. The maximum atomic E-state index is 11.2. The molecule has 0 saturated carbocycles. The third kappa shape index (κ3) is 3.89. The Kier molecular flexibility index (Phi) is 3.87. The first-order valence-corrected chi connectivity index (χ1v) is 3.96. The Balaban J connectivity index is 4.23. The van der Waals surface area contributed by atoms with E-state index in [9.17, 15) is 9.59 Å². The van der Waals surface area contributed by atoms with Crippen molar-refractivity contribution in [2.24, 2.45) is 5.92 Å². The number of carboxylic acid groups (broad SMARTS) is 1. The van der Waals surface area contributed by atoms with Gasteiger partial charge in [-0.1, -0.05) is 0 Å². The highest BCUT2D eigenvalue weighted by Crippen LogP contribution is 2.03. The maximum absolute atomic E-state index is 11.2. The van der Waals surface area contributed by atoms with E-state index >= 15 is 0 Å². The van der Waals surface area contributed by atoms with Crippen LogP contribution in [0.1, 0.15) is 20.8 Å². The van der Waals surface area contributed by atoms with Crippen LogP contribution in [-0.4, -0.2) is 34.2 Å². The van der Waals surface area contributed by atoms with E-state index in [1.807, 2.05) is 0 Å². The van der Waals surface area contributed by atoms with E-state index in [1.54, 1.807) is 13.8 Å². The molecule has 5 heteroatoms. The number of aliphatic hydroxyl groups excluding tert-OH is 1. The summed E-state index contributed by atoms with van der Waals surface area (Å²) in [6.07, 6.45) is 0. The molecule has 1 amide bonds. The number of rotatable bonds is 4. The number of hydrogen-bond donors (Lipinski definition) is 3. The monoisotopic (exact) mass is 189 g/mol. The van der Waals surface area contributed by atoms with Crippen molar-refractivity contribution in [3.63, 3.8) is 0 Å². The summed E-state index contributed by atoms with van der Waals surface area (Å²) >= 11 is 0. The van der Waals surface area contributed by atoms with Gasteiger partial charge in [-0.3, -0.25) is 9.59 Å². The molecule has 0 aromatic rings. The van der Waals surface area contributed by atoms with Gasteiger partial charge in [0, 0.05) is 0 Å². The van der Waals surface area contributed by atoms with Gasteiger partial charge in [0.05, 0.1) is 12.1 Å². The number of amides is 1. The predicted octanol–water partition coefficient (Wildman–Crippen LogP) is -0.406. The van der Waals surface area contributed by atoms with Crippen LogP contribution in [0.15, 0.2) is 0 Å². The van der Waals surface area contributed by atoms with Crippen LogP contribution in [0, 0.1) is 5.92 Å². The topological polar surface area (TPSA) is 86.6 Å². The van der Waals surface area contributed by atoms with E-state index in [0.29, 0.717) is 0 Å². The largest absolute Gasteiger partial charge is 0.481 e. The van der Waals surface area contributed by atoms with E-state index in [-0.39, 0.29) is 6.61 Å². The van der Waals surface area contributed by atoms with Crippen LogP contribution in [0.25, 0.3) is 0 Å². The van der Waals surface area contributed by atoms with Gasteiger partial charge in [-0.05, 0) is 20.8 Å². The Bertz CT molecular complexity index is 212. The number of carbonyl (C=O) groups is 2. The molecule has 1 atom stereocenters. The third-order valence-electron chi connectivity index (χ3n) is 1.62. The zero-order valence-corrected chi connectivity index (χ0v) is 8.00. The molecule has 0 rings (SSSR count). The Morgan fingerprint density at radius 2 is 1.92 bits per heavy atom. The average Bonchev–Trinajstić information content (AvgIpc) is 2.02. The Morgan fingerprint density at radius 3 is 2.23 bits per heavy atom. The van der Waals surface area contributed by atoms with Crippen molar-refractivity contribution in [2.75, 3.05) is 6.61 Å². The Morgan fingerprint density at radius 1 is 1.46 bits per heavy atom. The third-order valence-corrected chi connectivity index (χ3v) is 1.62. The number of carboxylic acids is 1. The fourth-order valence-electron chi connectivity index (χ4n) is 0.593. The summed E-state index contributed by atoms with van der Waals surface area (Å²) in [5.74, 6) is -2.86. The molecule has 0 heterocycles. The molecule has 1 unspecified atom stereocenters. The van der Waals surface area contributed by atoms with Crippen LogP contribution in [0.5, 0.6) is 0 Å². The van der Waals surface area contributed by atoms with Crippen molar-refractivity contribution in [1.29, 1.82) is 0 Å². The van der Waals surface area contributed by atoms with Crippen molar-refractivity contribution < 1.29 is 19.8 Å². The zero-order chi connectivity index (χ0) is 10.6. The van der Waals surface area contributed by atoms with Crippen LogP contribution < -0.4 is 5.32 Å². The Labute approximate surface area is 76.8 Å². The number of carbonyl (C=O) groups excluding carboxylic acids is 1. The molecule has 3 N–H and O–H groups in total. The standard InChI is InChI=1S/C8H15NO4/c1-5(7(12)13)6(11)9-8(2,3)4-10/h5,10H,4H2,1-3H3,(H,9,11)(H,12,13). The minimum absolute atomic E-state index is 0.231. The summed E-state index contributed by atoms with van der Waals surface area (Å²) in [6, 6.07) is 0. The number of aliphatic carboxylic acids is 1. The molecule has 0 aliphatic rings. The maximum Gasteiger partial charge on any atom is 0.315 e. The van der Waals surface area contributed by atoms with Gasteiger partial charge in [0.25, 0.3) is 0 Å². The van der Waals surface area contributed by atoms with Crippen molar-refractivity contribution in [1.82, 2.24) is 5.32 Å². The first kappa shape index (κ1) is 11.9. The van der Waals surface area contributed by atoms with Gasteiger partial charge in [0.1, 0.15) is 5.92 Å². The first-order valence-electron chi connectivity index (χ1n) is 3.96. The van der Waals surface area contributed by atoms with Crippen LogP contribution in [0.2, 0.25) is 0 Å². The fourth-order valence-corrected chi connectivity index (χ4v) is 0.593. The van der Waals surface area contributed by atoms with E-state index in [0.717, 1.165) is 0 Å². The number of hydrogen-bond acceptors (Lipinski definition) is 3. The highest BCUT2D eigenvalue weighted by Gasteiger charge is 2.26. The lowest BCUT2D eigenvalue weighted by Crippen LogP contribution is -2.49. The fraction of sp³-hybridized carbons (Fsp3) is 0.750. The molecular weight excluding hydrogens is 174 g/mol. The lowest BCUT2D eigenvalue weighted by Gasteiger charge is -2.24. The van der Waals surface area contributed by atoms with E-state index in [1.165, 1.54) is 6.92 Å². The summed E-state index contributed by atoms with van der Waals surface area (Å²) in [6.45, 7) is 4.29. The summed E-state index contributed by atoms with van der Waals surface area (Å²) in [5, 5.41) is 19.7. The molecule has 0 aromatic heterocycles. The second kappa shape index (κ2) is 4.23. The minimum Gasteiger partial charge on any atom is -0.481 e. The van der Waals surface area contributed by atoms with Gasteiger partial charge in [0.2, 0.25) is 5.91 Å². The van der Waals surface area contributed by atoms with Crippen molar-refractivity contribution >= 4 is 11.9 Å². The molecule has 0 spiro atoms. The Hall–Kier alpha value is -1.10. The van der Waals surface area contributed by atoms with Gasteiger partial charge in [-0.15, -0.1) is 0 Å². The average molecular weight is 189 g/mol. The molecular formula is C8H15NO4. The smallest absolute Gasteiger partial charge is 0.315 e. The molecule has 0 aromatic carbocycles. The number of nitrogens with one attached hydrogen (secondary N) is 1. The van der Waals surface area contributed by atoms with E-state index < -0.39 is 23.3 Å². The molecule has 76 valence electrons. The van der Waals surface area contributed by atoms with Crippen LogP contribution in [-0.2, 0) is 9.59 Å². The molecule has 5 nitrogen and oxygen atoms in total. The molecule has 0 saturated heterocycles. The molecule has 13 heavy (non-hydrogen) atoms. The minimum atomic E-state index is -1.17. The van der Waals surface area contributed by atoms with E-state index in [4.69, 9.17) is 10.2 Å². The molecule has 0 bridgehead atoms. The molecule has 0 fully saturated rings. The lowest BCUT2D eigenvalue weighted by molar-refractivity contribution is -0.146. The summed E-state index contributed by atoms with van der Waals surface area (Å²) in [5.41, 5.74) is -0.777. The van der Waals surface area contributed by atoms with Crippen LogP contribution >= 0.6 is 0 Å². The summed E-state index contributed by atoms with van der Waals surface area (Å²) in [7, 11) is 0. The normalized spacial score (nSPS) is 13.5. The molecule has 0 radical (unpaired) electrons. The van der Waals surface area contributed by atoms with Gasteiger partial charge >= 0.3 is 5.97 Å². The van der Waals surface area contributed by atoms with Crippen LogP contribution in [0.4, 0.5) is 0 Å². The SMILES string of the molecule is CC(C(=O)O)C(=O)NC(C)(C)CO. The zero-order valence-electron chi connectivity index (χ0n) is 8.00. The van der Waals surface area contributed by atoms with Gasteiger partial charge in [0.15, 0.2) is 0 Å². The van der Waals surface area contributed by atoms with Crippen molar-refractivity contribution in [2.45, 2.75) is 26.3 Å². The van der Waals surface area contributed by atoms with Gasteiger partial charge < -0.3 is 15.5 Å². The van der Waals surface area contributed by atoms with Crippen LogP contribution in [0.3, 0.4) is 0 Å². The number of aliphatic hydroxyl groups is 1.